The molecule has 0 fully saturated rings. The molecule has 4 heteroatoms. The molecule has 0 aliphatic rings. The molecular weight excluding hydrogens is 164 g/mol. The van der Waals surface area contributed by atoms with Crippen LogP contribution in [0.1, 0.15) is 6.92 Å². The van der Waals surface area contributed by atoms with Gasteiger partial charge in [0.25, 0.3) is 0 Å². The van der Waals surface area contributed by atoms with Crippen molar-refractivity contribution in [2.24, 2.45) is 0 Å². The van der Waals surface area contributed by atoms with Crippen molar-refractivity contribution in [1.29, 1.82) is 5.26 Å². The Morgan fingerprint density at radius 2 is 1.33 bits per heavy atom. The SMILES string of the molecule is CC#N.[Cl-].[Cl-].[Mn+2]. The van der Waals surface area contributed by atoms with Crippen LogP contribution in [0.25, 0.3) is 0 Å². The van der Waals surface area contributed by atoms with Gasteiger partial charge in [-0.15, -0.1) is 0 Å². The first-order chi connectivity index (χ1) is 1.41. The molecule has 0 atom stereocenters. The van der Waals surface area contributed by atoms with Crippen LogP contribution in [-0.4, -0.2) is 0 Å². The Kier molecular flexibility index (Phi) is 238. The second-order valence-corrected chi connectivity index (χ2v) is 0.224. The summed E-state index contributed by atoms with van der Waals surface area (Å²) in [5.41, 5.74) is 0. The van der Waals surface area contributed by atoms with Gasteiger partial charge in [-0.25, -0.2) is 0 Å². The predicted octanol–water partition coefficient (Wildman–Crippen LogP) is -5.46. The molecule has 0 bridgehead atoms. The first kappa shape index (κ1) is 30.7. The zero-order valence-electron chi connectivity index (χ0n) is 3.08. The molecule has 0 aliphatic heterocycles. The van der Waals surface area contributed by atoms with Crippen molar-refractivity contribution in [1.82, 2.24) is 0 Å². The zero-order chi connectivity index (χ0) is 2.71. The Morgan fingerprint density at radius 1 is 1.33 bits per heavy atom. The van der Waals surface area contributed by atoms with Gasteiger partial charge in [-0.05, 0) is 0 Å². The number of nitrogens with zero attached hydrogens (tertiary/aromatic N) is 1. The summed E-state index contributed by atoms with van der Waals surface area (Å²) in [5.74, 6) is 0. The molecule has 0 saturated carbocycles. The van der Waals surface area contributed by atoms with Crippen LogP contribution in [0.5, 0.6) is 0 Å². The summed E-state index contributed by atoms with van der Waals surface area (Å²) < 4.78 is 0. The molecule has 37 valence electrons. The molecule has 0 heterocycles. The Morgan fingerprint density at radius 3 is 1.33 bits per heavy atom. The Labute approximate surface area is 60.4 Å². The van der Waals surface area contributed by atoms with Gasteiger partial charge in [0.15, 0.2) is 0 Å². The van der Waals surface area contributed by atoms with E-state index in [2.05, 4.69) is 0 Å². The van der Waals surface area contributed by atoms with E-state index in [1.165, 1.54) is 6.92 Å². The Hall–Kier alpha value is 0.589. The molecule has 0 rings (SSSR count). The van der Waals surface area contributed by atoms with E-state index in [-0.39, 0.29) is 41.9 Å². The molecule has 0 amide bonds. The van der Waals surface area contributed by atoms with Crippen molar-refractivity contribution < 1.29 is 41.9 Å². The number of halogens is 2. The average Bonchev–Trinajstić information content (AvgIpc) is 0.918. The van der Waals surface area contributed by atoms with Gasteiger partial charge in [0.2, 0.25) is 0 Å². The van der Waals surface area contributed by atoms with Crippen LogP contribution in [0.3, 0.4) is 0 Å². The summed E-state index contributed by atoms with van der Waals surface area (Å²) in [7, 11) is 0. The summed E-state index contributed by atoms with van der Waals surface area (Å²) in [4.78, 5) is 0. The minimum Gasteiger partial charge on any atom is -1.00 e. The number of hydrogen-bond acceptors (Lipinski definition) is 1. The van der Waals surface area contributed by atoms with Crippen LogP contribution in [0.4, 0.5) is 0 Å². The maximum absolute atomic E-state index is 7.32. The molecule has 6 heavy (non-hydrogen) atoms. The van der Waals surface area contributed by atoms with E-state index in [4.69, 9.17) is 5.26 Å². The molecule has 0 aliphatic carbocycles. The van der Waals surface area contributed by atoms with Crippen molar-refractivity contribution in [2.75, 3.05) is 0 Å². The maximum Gasteiger partial charge on any atom is 2.00 e. The summed E-state index contributed by atoms with van der Waals surface area (Å²) in [6.07, 6.45) is 0. The Bertz CT molecular complexity index is 33.0. The second-order valence-electron chi connectivity index (χ2n) is 0.224. The van der Waals surface area contributed by atoms with Crippen LogP contribution in [0, 0.1) is 11.3 Å². The van der Waals surface area contributed by atoms with Crippen LogP contribution in [-0.2, 0) is 17.1 Å². The van der Waals surface area contributed by atoms with Crippen LogP contribution < -0.4 is 24.8 Å². The van der Waals surface area contributed by atoms with Gasteiger partial charge in [0.1, 0.15) is 0 Å². The smallest absolute Gasteiger partial charge is 1.00 e. The summed E-state index contributed by atoms with van der Waals surface area (Å²) in [6, 6.07) is 1.75. The second kappa shape index (κ2) is 46.6. The van der Waals surface area contributed by atoms with E-state index in [1.807, 2.05) is 0 Å². The fourth-order valence-electron chi connectivity index (χ4n) is 0. The van der Waals surface area contributed by atoms with Gasteiger partial charge in [-0.1, -0.05) is 0 Å². The fourth-order valence-corrected chi connectivity index (χ4v) is 0. The first-order valence-electron chi connectivity index (χ1n) is 0.724. The van der Waals surface area contributed by atoms with E-state index in [0.717, 1.165) is 0 Å². The third-order valence-electron chi connectivity index (χ3n) is 0. The Balaban J connectivity index is -0.00000000667. The van der Waals surface area contributed by atoms with Gasteiger partial charge in [-0.2, -0.15) is 5.26 Å². The minimum absolute atomic E-state index is 0. The third-order valence-corrected chi connectivity index (χ3v) is 0. The molecule has 1 radical (unpaired) electrons. The van der Waals surface area contributed by atoms with E-state index >= 15 is 0 Å². The summed E-state index contributed by atoms with van der Waals surface area (Å²) in [5, 5.41) is 7.32. The molecule has 0 aromatic rings. The van der Waals surface area contributed by atoms with Crippen molar-refractivity contribution in [3.05, 3.63) is 0 Å². The minimum atomic E-state index is 0. The van der Waals surface area contributed by atoms with Gasteiger partial charge in [0.05, 0.1) is 6.07 Å². The molecule has 0 aromatic carbocycles. The molecule has 0 spiro atoms. The normalized spacial score (nSPS) is 1.33. The van der Waals surface area contributed by atoms with E-state index < -0.39 is 0 Å². The largest absolute Gasteiger partial charge is 2.00 e. The van der Waals surface area contributed by atoms with Crippen molar-refractivity contribution in [2.45, 2.75) is 6.92 Å². The quantitative estimate of drug-likeness (QED) is 0.330. The van der Waals surface area contributed by atoms with Crippen LogP contribution >= 0.6 is 0 Å². The topological polar surface area (TPSA) is 23.8 Å². The van der Waals surface area contributed by atoms with Crippen molar-refractivity contribution in [3.8, 4) is 6.07 Å². The van der Waals surface area contributed by atoms with Gasteiger partial charge in [0, 0.05) is 6.92 Å². The summed E-state index contributed by atoms with van der Waals surface area (Å²) in [6.45, 7) is 1.43. The van der Waals surface area contributed by atoms with Crippen LogP contribution in [0.2, 0.25) is 0 Å². The van der Waals surface area contributed by atoms with Crippen molar-refractivity contribution >= 4 is 0 Å². The number of rotatable bonds is 0. The zero-order valence-corrected chi connectivity index (χ0v) is 5.77. The average molecular weight is 167 g/mol. The van der Waals surface area contributed by atoms with Crippen molar-refractivity contribution in [3.63, 3.8) is 0 Å². The van der Waals surface area contributed by atoms with Crippen LogP contribution in [0.15, 0.2) is 0 Å². The van der Waals surface area contributed by atoms with E-state index in [9.17, 15) is 0 Å². The molecule has 0 aromatic heterocycles. The molecular formula is C2H3Cl2MnN. The molecule has 1 nitrogen and oxygen atoms in total. The summed E-state index contributed by atoms with van der Waals surface area (Å²) >= 11 is 0. The van der Waals surface area contributed by atoms with E-state index in [1.54, 1.807) is 6.07 Å². The molecule has 0 unspecified atom stereocenters. The number of hydrogen-bond donors (Lipinski definition) is 0. The van der Waals surface area contributed by atoms with Gasteiger partial charge >= 0.3 is 17.1 Å². The van der Waals surface area contributed by atoms with E-state index in [0.29, 0.717) is 0 Å². The van der Waals surface area contributed by atoms with Gasteiger partial charge < -0.3 is 24.8 Å². The monoisotopic (exact) mass is 166 g/mol. The number of nitriles is 1. The predicted molar refractivity (Wildman–Crippen MR) is 11.3 cm³/mol. The van der Waals surface area contributed by atoms with Gasteiger partial charge in [-0.3, -0.25) is 0 Å². The first-order valence-corrected chi connectivity index (χ1v) is 0.724. The fraction of sp³-hybridized carbons (Fsp3) is 0.500. The molecule has 0 N–H and O–H groups in total. The molecule has 0 saturated heterocycles. The third kappa shape index (κ3) is 170. The standard InChI is InChI=1S/C2H3N.2ClH.Mn/c1-2-3;;;/h1H3;2*1H;/q;;;+2/p-2. The maximum atomic E-state index is 7.32.